The number of aromatic nitrogens is 1. The van der Waals surface area contributed by atoms with Gasteiger partial charge in [-0.1, -0.05) is 12.1 Å². The molecular weight excluding hydrogens is 286 g/mol. The van der Waals surface area contributed by atoms with Crippen molar-refractivity contribution in [3.05, 3.63) is 59.5 Å². The van der Waals surface area contributed by atoms with Crippen molar-refractivity contribution in [2.24, 2.45) is 0 Å². The van der Waals surface area contributed by atoms with E-state index in [0.717, 1.165) is 18.0 Å². The third-order valence-electron chi connectivity index (χ3n) is 3.96. The second kappa shape index (κ2) is 5.09. The maximum atomic E-state index is 14.2. The fourth-order valence-corrected chi connectivity index (χ4v) is 3.05. The normalized spacial score (nSPS) is 14.4. The quantitative estimate of drug-likeness (QED) is 0.715. The van der Waals surface area contributed by atoms with Crippen molar-refractivity contribution in [3.8, 4) is 0 Å². The van der Waals surface area contributed by atoms with Crippen molar-refractivity contribution >= 4 is 16.8 Å². The van der Waals surface area contributed by atoms with E-state index in [9.17, 15) is 8.78 Å². The van der Waals surface area contributed by atoms with Gasteiger partial charge < -0.3 is 9.32 Å². The van der Waals surface area contributed by atoms with Crippen molar-refractivity contribution in [1.29, 1.82) is 0 Å². The summed E-state index contributed by atoms with van der Waals surface area (Å²) in [6, 6.07) is 9.86. The van der Waals surface area contributed by atoms with Crippen LogP contribution in [0.25, 0.3) is 11.1 Å². The lowest BCUT2D eigenvalue weighted by Gasteiger charge is -2.30. The van der Waals surface area contributed by atoms with Gasteiger partial charge in [0.1, 0.15) is 17.2 Å². The van der Waals surface area contributed by atoms with Crippen LogP contribution in [0.4, 0.5) is 14.5 Å². The summed E-state index contributed by atoms with van der Waals surface area (Å²) in [6.45, 7) is 1.08. The number of hydrogen-bond acceptors (Lipinski definition) is 3. The van der Waals surface area contributed by atoms with Crippen LogP contribution in [-0.4, -0.2) is 11.5 Å². The van der Waals surface area contributed by atoms with Crippen LogP contribution in [0.2, 0.25) is 0 Å². The molecule has 0 atom stereocenters. The Bertz CT molecular complexity index is 811. The zero-order valence-electron chi connectivity index (χ0n) is 11.9. The number of nitrogens with zero attached hydrogens (tertiary/aromatic N) is 2. The summed E-state index contributed by atoms with van der Waals surface area (Å²) in [5, 5.41) is 0. The molecule has 0 fully saturated rings. The summed E-state index contributed by atoms with van der Waals surface area (Å²) < 4.78 is 33.2. The molecule has 2 aromatic carbocycles. The van der Waals surface area contributed by atoms with Crippen LogP contribution in [0.15, 0.2) is 40.8 Å². The van der Waals surface area contributed by atoms with Crippen LogP contribution < -0.4 is 4.90 Å². The maximum Gasteiger partial charge on any atom is 0.215 e. The fraction of sp³-hybridized carbons (Fsp3) is 0.235. The van der Waals surface area contributed by atoms with Gasteiger partial charge in [-0.2, -0.15) is 0 Å². The Labute approximate surface area is 126 Å². The van der Waals surface area contributed by atoms with E-state index in [-0.39, 0.29) is 0 Å². The van der Waals surface area contributed by atoms with E-state index in [0.29, 0.717) is 42.2 Å². The summed E-state index contributed by atoms with van der Waals surface area (Å²) in [7, 11) is 0. The molecule has 0 radical (unpaired) electrons. The molecule has 3 nitrogen and oxygen atoms in total. The number of benzene rings is 2. The molecule has 0 spiro atoms. The monoisotopic (exact) mass is 300 g/mol. The van der Waals surface area contributed by atoms with Crippen molar-refractivity contribution in [1.82, 2.24) is 4.98 Å². The number of halogens is 2. The standard InChI is InChI=1S/C17H14F2N2O/c18-12-8-11-4-3-7-21(17(11)13(19)9-12)10-16-20-14-5-1-2-6-15(14)22-16/h1-2,5-6,8-9H,3-4,7,10H2. The zero-order chi connectivity index (χ0) is 15.1. The van der Waals surface area contributed by atoms with Gasteiger partial charge in [-0.05, 0) is 36.6 Å². The molecule has 22 heavy (non-hydrogen) atoms. The summed E-state index contributed by atoms with van der Waals surface area (Å²) in [6.07, 6.45) is 1.55. The summed E-state index contributed by atoms with van der Waals surface area (Å²) in [5.74, 6) is -0.511. The minimum Gasteiger partial charge on any atom is -0.439 e. The van der Waals surface area contributed by atoms with Crippen LogP contribution in [0.5, 0.6) is 0 Å². The molecule has 1 aliphatic heterocycles. The molecule has 0 unspecified atom stereocenters. The largest absolute Gasteiger partial charge is 0.439 e. The second-order valence-corrected chi connectivity index (χ2v) is 5.50. The molecule has 0 aliphatic carbocycles. The highest BCUT2D eigenvalue weighted by atomic mass is 19.1. The number of rotatable bonds is 2. The van der Waals surface area contributed by atoms with E-state index in [1.807, 2.05) is 29.2 Å². The van der Waals surface area contributed by atoms with Gasteiger partial charge in [0.2, 0.25) is 5.89 Å². The van der Waals surface area contributed by atoms with Gasteiger partial charge in [-0.15, -0.1) is 0 Å². The molecule has 2 heterocycles. The SMILES string of the molecule is Fc1cc(F)c2c(c1)CCCN2Cc1nc2ccccc2o1. The first-order valence-corrected chi connectivity index (χ1v) is 7.28. The van der Waals surface area contributed by atoms with Gasteiger partial charge in [0.15, 0.2) is 5.58 Å². The molecular formula is C17H14F2N2O. The molecule has 1 aromatic heterocycles. The highest BCUT2D eigenvalue weighted by molar-refractivity contribution is 5.72. The van der Waals surface area contributed by atoms with E-state index in [2.05, 4.69) is 4.98 Å². The average Bonchev–Trinajstić information content (AvgIpc) is 2.89. The van der Waals surface area contributed by atoms with Crippen LogP contribution in [0.1, 0.15) is 17.9 Å². The molecule has 3 aromatic rings. The minimum absolute atomic E-state index is 0.379. The van der Waals surface area contributed by atoms with Crippen molar-refractivity contribution < 1.29 is 13.2 Å². The van der Waals surface area contributed by atoms with Gasteiger partial charge in [-0.25, -0.2) is 13.8 Å². The first-order valence-electron chi connectivity index (χ1n) is 7.28. The number of fused-ring (bicyclic) bond motifs is 2. The Morgan fingerprint density at radius 3 is 2.91 bits per heavy atom. The molecule has 0 bridgehead atoms. The Balaban J connectivity index is 1.70. The lowest BCUT2D eigenvalue weighted by molar-refractivity contribution is 0.504. The third kappa shape index (κ3) is 2.22. The predicted octanol–water partition coefficient (Wildman–Crippen LogP) is 4.06. The Morgan fingerprint density at radius 2 is 2.05 bits per heavy atom. The molecule has 112 valence electrons. The van der Waals surface area contributed by atoms with E-state index in [4.69, 9.17) is 4.42 Å². The molecule has 1 aliphatic rings. The number of aryl methyl sites for hydroxylation is 1. The first-order chi connectivity index (χ1) is 10.7. The number of anilines is 1. The van der Waals surface area contributed by atoms with Gasteiger partial charge >= 0.3 is 0 Å². The predicted molar refractivity (Wildman–Crippen MR) is 79.7 cm³/mol. The highest BCUT2D eigenvalue weighted by Crippen LogP contribution is 2.32. The Morgan fingerprint density at radius 1 is 1.18 bits per heavy atom. The smallest absolute Gasteiger partial charge is 0.215 e. The van der Waals surface area contributed by atoms with Crippen molar-refractivity contribution in [3.63, 3.8) is 0 Å². The van der Waals surface area contributed by atoms with Crippen molar-refractivity contribution in [2.75, 3.05) is 11.4 Å². The second-order valence-electron chi connectivity index (χ2n) is 5.50. The van der Waals surface area contributed by atoms with E-state index >= 15 is 0 Å². The van der Waals surface area contributed by atoms with Crippen LogP contribution in [0, 0.1) is 11.6 Å². The Hall–Kier alpha value is -2.43. The molecule has 0 saturated heterocycles. The Kier molecular flexibility index (Phi) is 3.06. The van der Waals surface area contributed by atoms with Gasteiger partial charge in [-0.3, -0.25) is 0 Å². The lowest BCUT2D eigenvalue weighted by atomic mass is 10.0. The topological polar surface area (TPSA) is 29.3 Å². The first kappa shape index (κ1) is 13.2. The highest BCUT2D eigenvalue weighted by Gasteiger charge is 2.23. The van der Waals surface area contributed by atoms with Crippen LogP contribution in [0.3, 0.4) is 0 Å². The number of para-hydroxylation sites is 2. The number of oxazole rings is 1. The zero-order valence-corrected chi connectivity index (χ0v) is 11.9. The van der Waals surface area contributed by atoms with Crippen LogP contribution in [-0.2, 0) is 13.0 Å². The van der Waals surface area contributed by atoms with Crippen molar-refractivity contribution in [2.45, 2.75) is 19.4 Å². The number of hydrogen-bond donors (Lipinski definition) is 0. The molecule has 5 heteroatoms. The third-order valence-corrected chi connectivity index (χ3v) is 3.96. The maximum absolute atomic E-state index is 14.2. The van der Waals surface area contributed by atoms with E-state index < -0.39 is 11.6 Å². The van der Waals surface area contributed by atoms with E-state index in [1.165, 1.54) is 6.07 Å². The van der Waals surface area contributed by atoms with Gasteiger partial charge in [0.25, 0.3) is 0 Å². The van der Waals surface area contributed by atoms with Gasteiger partial charge in [0.05, 0.1) is 12.2 Å². The van der Waals surface area contributed by atoms with Crippen LogP contribution >= 0.6 is 0 Å². The summed E-state index contributed by atoms with van der Waals surface area (Å²) in [5.41, 5.74) is 2.68. The molecule has 0 amide bonds. The molecule has 4 rings (SSSR count). The summed E-state index contributed by atoms with van der Waals surface area (Å²) in [4.78, 5) is 6.30. The lowest BCUT2D eigenvalue weighted by Crippen LogP contribution is -2.30. The van der Waals surface area contributed by atoms with E-state index in [1.54, 1.807) is 0 Å². The average molecular weight is 300 g/mol. The molecule has 0 saturated carbocycles. The van der Waals surface area contributed by atoms with Gasteiger partial charge in [0, 0.05) is 12.6 Å². The molecule has 0 N–H and O–H groups in total. The fourth-order valence-electron chi connectivity index (χ4n) is 3.05. The summed E-state index contributed by atoms with van der Waals surface area (Å²) >= 11 is 0. The minimum atomic E-state index is -0.528.